The highest BCUT2D eigenvalue weighted by molar-refractivity contribution is 9.10. The summed E-state index contributed by atoms with van der Waals surface area (Å²) in [6.07, 6.45) is 4.40. The smallest absolute Gasteiger partial charge is 0.410 e. The van der Waals surface area contributed by atoms with Gasteiger partial charge in [0.2, 0.25) is 0 Å². The predicted molar refractivity (Wildman–Crippen MR) is 101 cm³/mol. The monoisotopic (exact) mass is 414 g/mol. The number of aromatic nitrogens is 2. The van der Waals surface area contributed by atoms with Crippen molar-refractivity contribution in [3.8, 4) is 0 Å². The molecule has 0 radical (unpaired) electrons. The first-order chi connectivity index (χ1) is 11.7. The van der Waals surface area contributed by atoms with Gasteiger partial charge in [-0.25, -0.2) is 9.48 Å². The van der Waals surface area contributed by atoms with Crippen LogP contribution in [0.2, 0.25) is 0 Å². The maximum absolute atomic E-state index is 12.2. The quantitative estimate of drug-likeness (QED) is 0.818. The molecule has 0 saturated carbocycles. The minimum absolute atomic E-state index is 0.168. The number of amides is 1. The van der Waals surface area contributed by atoms with Gasteiger partial charge in [-0.15, -0.1) is 0 Å². The second-order valence-electron chi connectivity index (χ2n) is 7.45. The van der Waals surface area contributed by atoms with E-state index in [1.165, 1.54) is 4.68 Å². The zero-order valence-corrected chi connectivity index (χ0v) is 16.9. The molecule has 1 aliphatic heterocycles. The summed E-state index contributed by atoms with van der Waals surface area (Å²) in [4.78, 5) is 25.8. The molecule has 2 heterocycles. The van der Waals surface area contributed by atoms with E-state index in [0.29, 0.717) is 22.6 Å². The Bertz CT molecular complexity index is 669. The third-order valence-electron chi connectivity index (χ3n) is 4.12. The highest BCUT2D eigenvalue weighted by Gasteiger charge is 2.27. The Morgan fingerprint density at radius 2 is 2.20 bits per heavy atom. The first-order valence-electron chi connectivity index (χ1n) is 8.61. The molecule has 7 nitrogen and oxygen atoms in total. The van der Waals surface area contributed by atoms with Gasteiger partial charge in [0.15, 0.2) is 0 Å². The Hall–Kier alpha value is -1.57. The standard InChI is InChI=1S/C17H27BrN4O3/c1-17(2,3)25-16(24)22-9-5-6-12(11-22)7-8-19-13-10-20-21(4)15(23)14(13)18/h10,12,19H,5-9,11H2,1-4H3. The third kappa shape index (κ3) is 5.73. The molecule has 1 saturated heterocycles. The Morgan fingerprint density at radius 1 is 1.48 bits per heavy atom. The summed E-state index contributed by atoms with van der Waals surface area (Å²) >= 11 is 3.31. The lowest BCUT2D eigenvalue weighted by atomic mass is 9.95. The lowest BCUT2D eigenvalue weighted by molar-refractivity contribution is 0.0163. The van der Waals surface area contributed by atoms with Crippen LogP contribution in [-0.2, 0) is 11.8 Å². The molecule has 140 valence electrons. The third-order valence-corrected chi connectivity index (χ3v) is 4.88. The van der Waals surface area contributed by atoms with Gasteiger partial charge in [-0.1, -0.05) is 0 Å². The van der Waals surface area contributed by atoms with Gasteiger partial charge in [0.1, 0.15) is 10.1 Å². The SMILES string of the molecule is Cn1ncc(NCCC2CCCN(C(=O)OC(C)(C)C)C2)c(Br)c1=O. The van der Waals surface area contributed by atoms with E-state index < -0.39 is 5.60 Å². The number of ether oxygens (including phenoxy) is 1. The number of carbonyl (C=O) groups excluding carboxylic acids is 1. The fourth-order valence-corrected chi connectivity index (χ4v) is 3.34. The van der Waals surface area contributed by atoms with Crippen molar-refractivity contribution in [1.82, 2.24) is 14.7 Å². The molecule has 1 unspecified atom stereocenters. The molecule has 8 heteroatoms. The number of hydrogen-bond acceptors (Lipinski definition) is 5. The van der Waals surface area contributed by atoms with Crippen LogP contribution in [-0.4, -0.2) is 46.0 Å². The van der Waals surface area contributed by atoms with Gasteiger partial charge in [0.25, 0.3) is 5.56 Å². The average molecular weight is 415 g/mol. The molecule has 1 amide bonds. The molecule has 1 aromatic heterocycles. The lowest BCUT2D eigenvalue weighted by Gasteiger charge is -2.34. The first-order valence-corrected chi connectivity index (χ1v) is 9.40. The Balaban J connectivity index is 1.84. The van der Waals surface area contributed by atoms with E-state index in [2.05, 4.69) is 26.3 Å². The van der Waals surface area contributed by atoms with Crippen LogP contribution < -0.4 is 10.9 Å². The molecule has 1 atom stereocenters. The second kappa shape index (κ2) is 8.21. The van der Waals surface area contributed by atoms with Crippen molar-refractivity contribution in [2.45, 2.75) is 45.6 Å². The van der Waals surface area contributed by atoms with E-state index in [1.54, 1.807) is 18.1 Å². The van der Waals surface area contributed by atoms with Crippen LogP contribution in [0, 0.1) is 5.92 Å². The summed E-state index contributed by atoms with van der Waals surface area (Å²) in [6, 6.07) is 0. The van der Waals surface area contributed by atoms with Crippen LogP contribution in [0.25, 0.3) is 0 Å². The molecule has 1 N–H and O–H groups in total. The van der Waals surface area contributed by atoms with E-state index in [9.17, 15) is 9.59 Å². The number of piperidine rings is 1. The van der Waals surface area contributed by atoms with Crippen molar-refractivity contribution in [3.05, 3.63) is 21.0 Å². The van der Waals surface area contributed by atoms with Crippen molar-refractivity contribution in [2.75, 3.05) is 25.0 Å². The number of nitrogens with zero attached hydrogens (tertiary/aromatic N) is 3. The van der Waals surface area contributed by atoms with Crippen LogP contribution in [0.5, 0.6) is 0 Å². The van der Waals surface area contributed by atoms with Crippen LogP contribution in [0.1, 0.15) is 40.0 Å². The average Bonchev–Trinajstić information content (AvgIpc) is 2.53. The van der Waals surface area contributed by atoms with Crippen molar-refractivity contribution in [1.29, 1.82) is 0 Å². The van der Waals surface area contributed by atoms with Crippen molar-refractivity contribution in [3.63, 3.8) is 0 Å². The van der Waals surface area contributed by atoms with Gasteiger partial charge in [0.05, 0.1) is 11.9 Å². The van der Waals surface area contributed by atoms with Crippen LogP contribution in [0.15, 0.2) is 15.5 Å². The number of rotatable bonds is 4. The maximum Gasteiger partial charge on any atom is 0.410 e. The number of halogens is 1. The van der Waals surface area contributed by atoms with E-state index in [4.69, 9.17) is 4.74 Å². The highest BCUT2D eigenvalue weighted by Crippen LogP contribution is 2.22. The van der Waals surface area contributed by atoms with E-state index >= 15 is 0 Å². The predicted octanol–water partition coefficient (Wildman–Crippen LogP) is 2.99. The highest BCUT2D eigenvalue weighted by atomic mass is 79.9. The number of nitrogens with one attached hydrogen (secondary N) is 1. The van der Waals surface area contributed by atoms with Crippen molar-refractivity contribution >= 4 is 27.7 Å². The molecule has 0 spiro atoms. The molecule has 0 bridgehead atoms. The van der Waals surface area contributed by atoms with E-state index in [0.717, 1.165) is 32.4 Å². The summed E-state index contributed by atoms with van der Waals surface area (Å²) in [5, 5.41) is 7.27. The zero-order chi connectivity index (χ0) is 18.6. The van der Waals surface area contributed by atoms with Gasteiger partial charge < -0.3 is 15.0 Å². The molecule has 1 fully saturated rings. The Morgan fingerprint density at radius 3 is 2.88 bits per heavy atom. The van der Waals surface area contributed by atoms with Crippen molar-refractivity contribution < 1.29 is 9.53 Å². The molecule has 0 aromatic carbocycles. The zero-order valence-electron chi connectivity index (χ0n) is 15.3. The number of hydrogen-bond donors (Lipinski definition) is 1. The number of aryl methyl sites for hydroxylation is 1. The summed E-state index contributed by atoms with van der Waals surface area (Å²) in [5.74, 6) is 0.423. The fraction of sp³-hybridized carbons (Fsp3) is 0.706. The first kappa shape index (κ1) is 19.8. The van der Waals surface area contributed by atoms with Crippen LogP contribution in [0.4, 0.5) is 10.5 Å². The van der Waals surface area contributed by atoms with Crippen LogP contribution >= 0.6 is 15.9 Å². The van der Waals surface area contributed by atoms with E-state index in [1.807, 2.05) is 20.8 Å². The number of anilines is 1. The molecular formula is C17H27BrN4O3. The van der Waals surface area contributed by atoms with Crippen LogP contribution in [0.3, 0.4) is 0 Å². The van der Waals surface area contributed by atoms with E-state index in [-0.39, 0.29) is 11.7 Å². The van der Waals surface area contributed by atoms with Crippen molar-refractivity contribution in [2.24, 2.45) is 13.0 Å². The number of likely N-dealkylation sites (tertiary alicyclic amines) is 1. The minimum Gasteiger partial charge on any atom is -0.444 e. The minimum atomic E-state index is -0.468. The second-order valence-corrected chi connectivity index (χ2v) is 8.24. The summed E-state index contributed by atoms with van der Waals surface area (Å²) in [7, 11) is 1.62. The molecule has 2 rings (SSSR count). The number of carbonyl (C=O) groups is 1. The molecule has 25 heavy (non-hydrogen) atoms. The molecule has 1 aliphatic rings. The topological polar surface area (TPSA) is 76.5 Å². The van der Waals surface area contributed by atoms with Gasteiger partial charge in [-0.05, 0) is 61.9 Å². The van der Waals surface area contributed by atoms with Gasteiger partial charge >= 0.3 is 6.09 Å². The molecular weight excluding hydrogens is 388 g/mol. The van der Waals surface area contributed by atoms with Gasteiger partial charge in [0, 0.05) is 26.7 Å². The summed E-state index contributed by atoms with van der Waals surface area (Å²) in [6.45, 7) is 7.83. The summed E-state index contributed by atoms with van der Waals surface area (Å²) < 4.78 is 7.24. The molecule has 1 aromatic rings. The molecule has 0 aliphatic carbocycles. The summed E-state index contributed by atoms with van der Waals surface area (Å²) in [5.41, 5.74) is 0.0614. The van der Waals surface area contributed by atoms with Gasteiger partial charge in [-0.3, -0.25) is 4.79 Å². The Kier molecular flexibility index (Phi) is 6.48. The lowest BCUT2D eigenvalue weighted by Crippen LogP contribution is -2.43. The maximum atomic E-state index is 12.2. The van der Waals surface area contributed by atoms with Gasteiger partial charge in [-0.2, -0.15) is 5.10 Å². The normalized spacial score (nSPS) is 18.1. The largest absolute Gasteiger partial charge is 0.444 e. The Labute approximate surface area is 156 Å². The fourth-order valence-electron chi connectivity index (χ4n) is 2.84.